The summed E-state index contributed by atoms with van der Waals surface area (Å²) >= 11 is 0. The number of aldehydes is 1. The van der Waals surface area contributed by atoms with Crippen LogP contribution in [-0.2, 0) is 14.3 Å². The van der Waals surface area contributed by atoms with E-state index in [0.29, 0.717) is 12.0 Å². The van der Waals surface area contributed by atoms with Gasteiger partial charge in [-0.2, -0.15) is 0 Å². The molecule has 1 aliphatic heterocycles. The van der Waals surface area contributed by atoms with E-state index in [-0.39, 0.29) is 32.4 Å². The molecule has 2 N–H and O–H groups in total. The number of aliphatic hydroxyl groups is 1. The number of carbonyl (C=O) groups excluding carboxylic acids is 3. The third kappa shape index (κ3) is 6.52. The predicted molar refractivity (Wildman–Crippen MR) is 105 cm³/mol. The first-order valence-electron chi connectivity index (χ1n) is 9.74. The van der Waals surface area contributed by atoms with E-state index in [2.05, 4.69) is 5.32 Å². The van der Waals surface area contributed by atoms with Crippen molar-refractivity contribution in [2.75, 3.05) is 13.1 Å². The van der Waals surface area contributed by atoms with Crippen LogP contribution in [0.3, 0.4) is 0 Å². The molecule has 0 aromatic heterocycles. The quantitative estimate of drug-likeness (QED) is 0.706. The number of halogens is 1. The molecule has 1 fully saturated rings. The van der Waals surface area contributed by atoms with Crippen molar-refractivity contribution in [3.05, 3.63) is 35.6 Å². The molecule has 1 atom stereocenters. The first-order valence-corrected chi connectivity index (χ1v) is 9.74. The molecule has 0 spiro atoms. The van der Waals surface area contributed by atoms with Crippen molar-refractivity contribution in [2.45, 2.75) is 63.7 Å². The zero-order valence-electron chi connectivity index (χ0n) is 17.1. The lowest BCUT2D eigenvalue weighted by Crippen LogP contribution is -2.55. The molecular weight excluding hydrogens is 379 g/mol. The van der Waals surface area contributed by atoms with Crippen molar-refractivity contribution in [1.82, 2.24) is 10.2 Å². The first-order chi connectivity index (χ1) is 13.5. The Bertz CT molecular complexity index is 722. The highest BCUT2D eigenvalue weighted by molar-refractivity contribution is 5.85. The van der Waals surface area contributed by atoms with Crippen LogP contribution in [0.15, 0.2) is 24.3 Å². The number of likely N-dealkylation sites (tertiary alicyclic amines) is 1. The minimum atomic E-state index is -1.63. The Labute approximate surface area is 170 Å². The van der Waals surface area contributed by atoms with Crippen molar-refractivity contribution in [3.63, 3.8) is 0 Å². The number of piperidine rings is 1. The monoisotopic (exact) mass is 408 g/mol. The van der Waals surface area contributed by atoms with Crippen LogP contribution >= 0.6 is 0 Å². The van der Waals surface area contributed by atoms with Gasteiger partial charge in [0.25, 0.3) is 5.91 Å². The number of carbonyl (C=O) groups is 3. The summed E-state index contributed by atoms with van der Waals surface area (Å²) in [4.78, 5) is 37.2. The lowest BCUT2D eigenvalue weighted by molar-refractivity contribution is -0.145. The Kier molecular flexibility index (Phi) is 7.35. The van der Waals surface area contributed by atoms with E-state index in [1.54, 1.807) is 32.9 Å². The van der Waals surface area contributed by atoms with Gasteiger partial charge in [0, 0.05) is 32.4 Å². The number of rotatable bonds is 6. The van der Waals surface area contributed by atoms with E-state index >= 15 is 0 Å². The molecule has 29 heavy (non-hydrogen) atoms. The second-order valence-corrected chi connectivity index (χ2v) is 8.32. The van der Waals surface area contributed by atoms with E-state index in [4.69, 9.17) is 4.74 Å². The SMILES string of the molecule is CC(C)(C)OC(=O)N1CCC(O)(C(=O)N[C@@H](CCC=O)c2ccc(F)cc2)CC1. The third-order valence-corrected chi connectivity index (χ3v) is 4.82. The lowest BCUT2D eigenvalue weighted by atomic mass is 9.89. The summed E-state index contributed by atoms with van der Waals surface area (Å²) in [7, 11) is 0. The highest BCUT2D eigenvalue weighted by atomic mass is 19.1. The number of hydrogen-bond acceptors (Lipinski definition) is 5. The standard InChI is InChI=1S/C21H29FN2O5/c1-20(2,3)29-19(27)24-12-10-21(28,11-13-24)18(26)23-17(5-4-14-25)15-6-8-16(22)9-7-15/h6-9,14,17,28H,4-5,10-13H2,1-3H3,(H,23,26)/t17-/m0/s1. The number of amides is 2. The van der Waals surface area contributed by atoms with Gasteiger partial charge in [0.1, 0.15) is 23.3 Å². The normalized spacial score (nSPS) is 17.3. The number of nitrogens with one attached hydrogen (secondary N) is 1. The number of benzene rings is 1. The fourth-order valence-electron chi connectivity index (χ4n) is 3.16. The first kappa shape index (κ1) is 22.8. The smallest absolute Gasteiger partial charge is 0.410 e. The van der Waals surface area contributed by atoms with Gasteiger partial charge in [0.15, 0.2) is 0 Å². The molecule has 1 aromatic rings. The molecule has 0 aliphatic carbocycles. The van der Waals surface area contributed by atoms with Crippen molar-refractivity contribution in [1.29, 1.82) is 0 Å². The van der Waals surface area contributed by atoms with Gasteiger partial charge in [-0.3, -0.25) is 4.79 Å². The average Bonchev–Trinajstić information content (AvgIpc) is 2.64. The Balaban J connectivity index is 2.01. The molecule has 1 aliphatic rings. The Morgan fingerprint density at radius 2 is 1.86 bits per heavy atom. The topological polar surface area (TPSA) is 95.9 Å². The average molecular weight is 408 g/mol. The van der Waals surface area contributed by atoms with Gasteiger partial charge in [0.2, 0.25) is 0 Å². The van der Waals surface area contributed by atoms with Crippen LogP contribution in [0.5, 0.6) is 0 Å². The zero-order valence-corrected chi connectivity index (χ0v) is 17.1. The molecule has 0 saturated carbocycles. The fraction of sp³-hybridized carbons (Fsp3) is 0.571. The van der Waals surface area contributed by atoms with Crippen LogP contribution in [-0.4, -0.2) is 52.6 Å². The van der Waals surface area contributed by atoms with Gasteiger partial charge in [-0.1, -0.05) is 12.1 Å². The maximum atomic E-state index is 13.2. The number of nitrogens with zero attached hydrogens (tertiary/aromatic N) is 1. The lowest BCUT2D eigenvalue weighted by Gasteiger charge is -2.38. The Hall–Kier alpha value is -2.48. The van der Waals surface area contributed by atoms with Crippen molar-refractivity contribution in [2.24, 2.45) is 0 Å². The van der Waals surface area contributed by atoms with Crippen molar-refractivity contribution >= 4 is 18.3 Å². The molecule has 160 valence electrons. The van der Waals surface area contributed by atoms with Gasteiger partial charge < -0.3 is 24.9 Å². The summed E-state index contributed by atoms with van der Waals surface area (Å²) in [6.45, 7) is 5.69. The molecule has 2 amide bonds. The molecule has 0 radical (unpaired) electrons. The van der Waals surface area contributed by atoms with Gasteiger partial charge in [0.05, 0.1) is 6.04 Å². The van der Waals surface area contributed by atoms with E-state index in [9.17, 15) is 23.9 Å². The van der Waals surface area contributed by atoms with E-state index < -0.39 is 35.1 Å². The van der Waals surface area contributed by atoms with Crippen LogP contribution in [0, 0.1) is 5.82 Å². The zero-order chi connectivity index (χ0) is 21.7. The molecule has 1 heterocycles. The van der Waals surface area contributed by atoms with Crippen LogP contribution in [0.1, 0.15) is 58.1 Å². The largest absolute Gasteiger partial charge is 0.444 e. The second kappa shape index (κ2) is 9.35. The maximum Gasteiger partial charge on any atom is 0.410 e. The summed E-state index contributed by atoms with van der Waals surface area (Å²) in [6, 6.07) is 5.12. The summed E-state index contributed by atoms with van der Waals surface area (Å²) < 4.78 is 18.5. The predicted octanol–water partition coefficient (Wildman–Crippen LogP) is 2.72. The molecule has 7 nitrogen and oxygen atoms in total. The summed E-state index contributed by atoms with van der Waals surface area (Å²) in [6.07, 6.45) is 0.962. The Morgan fingerprint density at radius 1 is 1.28 bits per heavy atom. The van der Waals surface area contributed by atoms with Gasteiger partial charge in [-0.15, -0.1) is 0 Å². The van der Waals surface area contributed by atoms with Gasteiger partial charge in [-0.05, 0) is 44.9 Å². The van der Waals surface area contributed by atoms with Crippen molar-refractivity contribution in [3.8, 4) is 0 Å². The molecule has 2 rings (SSSR count). The minimum Gasteiger partial charge on any atom is -0.444 e. The second-order valence-electron chi connectivity index (χ2n) is 8.32. The minimum absolute atomic E-state index is 0.0713. The van der Waals surface area contributed by atoms with E-state index in [1.807, 2.05) is 0 Å². The highest BCUT2D eigenvalue weighted by Gasteiger charge is 2.41. The molecule has 0 unspecified atom stereocenters. The van der Waals surface area contributed by atoms with Crippen molar-refractivity contribution < 1.29 is 28.6 Å². The van der Waals surface area contributed by atoms with E-state index in [0.717, 1.165) is 6.29 Å². The van der Waals surface area contributed by atoms with Gasteiger partial charge >= 0.3 is 6.09 Å². The summed E-state index contributed by atoms with van der Waals surface area (Å²) in [5.74, 6) is -0.969. The molecular formula is C21H29FN2O5. The Morgan fingerprint density at radius 3 is 2.38 bits per heavy atom. The highest BCUT2D eigenvalue weighted by Crippen LogP contribution is 2.26. The number of hydrogen-bond donors (Lipinski definition) is 2. The molecule has 8 heteroatoms. The van der Waals surface area contributed by atoms with Crippen LogP contribution < -0.4 is 5.32 Å². The van der Waals surface area contributed by atoms with E-state index in [1.165, 1.54) is 17.0 Å². The summed E-state index contributed by atoms with van der Waals surface area (Å²) in [5.41, 5.74) is -1.60. The number of ether oxygens (including phenoxy) is 1. The summed E-state index contributed by atoms with van der Waals surface area (Å²) in [5, 5.41) is 13.6. The van der Waals surface area contributed by atoms with Crippen LogP contribution in [0.25, 0.3) is 0 Å². The molecule has 1 aromatic carbocycles. The maximum absolute atomic E-state index is 13.2. The van der Waals surface area contributed by atoms with Gasteiger partial charge in [-0.25, -0.2) is 9.18 Å². The molecule has 0 bridgehead atoms. The van der Waals surface area contributed by atoms with Crippen LogP contribution in [0.4, 0.5) is 9.18 Å². The van der Waals surface area contributed by atoms with Crippen LogP contribution in [0.2, 0.25) is 0 Å². The third-order valence-electron chi connectivity index (χ3n) is 4.82. The fourth-order valence-corrected chi connectivity index (χ4v) is 3.16. The molecule has 1 saturated heterocycles.